The van der Waals surface area contributed by atoms with Crippen LogP contribution in [0, 0.1) is 36.5 Å². The highest BCUT2D eigenvalue weighted by molar-refractivity contribution is 9.09. The number of aliphatic hydroxyl groups is 2. The third-order valence-corrected chi connectivity index (χ3v) is 19.1. The summed E-state index contributed by atoms with van der Waals surface area (Å²) in [5.74, 6) is -0.756. The maximum absolute atomic E-state index is 13.8. The molecule has 4 aliphatic carbocycles. The smallest absolute Gasteiger partial charge is 0.167 e. The van der Waals surface area contributed by atoms with Crippen LogP contribution in [0.25, 0.3) is 0 Å². The van der Waals surface area contributed by atoms with Crippen molar-refractivity contribution in [3.8, 4) is 0 Å². The number of rotatable bonds is 2. The molecule has 312 valence electrons. The van der Waals surface area contributed by atoms with Crippen molar-refractivity contribution in [1.29, 1.82) is 0 Å². The Morgan fingerprint density at radius 2 is 0.983 bits per heavy atom. The molecule has 2 aromatic carbocycles. The predicted octanol–water partition coefficient (Wildman–Crippen LogP) is 7.24. The summed E-state index contributed by atoms with van der Waals surface area (Å²) in [6, 6.07) is 8.08. The number of hydrogen-bond acceptors (Lipinski definition) is 10. The molecular weight excluding hydrogens is 872 g/mol. The second-order valence-corrected chi connectivity index (χ2v) is 22.6. The number of ether oxygens (including phenoxy) is 6. The Morgan fingerprint density at radius 3 is 1.34 bits per heavy atom. The number of carbonyl (C=O) groups excluding carboxylic acids is 2. The summed E-state index contributed by atoms with van der Waals surface area (Å²) in [4.78, 5) is 27.8. The van der Waals surface area contributed by atoms with Crippen molar-refractivity contribution in [2.24, 2.45) is 22.7 Å². The number of alkyl halides is 2. The molecule has 16 atom stereocenters. The molecule has 12 rings (SSSR count). The van der Waals surface area contributed by atoms with Gasteiger partial charge < -0.3 is 38.6 Å². The minimum absolute atomic E-state index is 0.0425. The van der Waals surface area contributed by atoms with Crippen LogP contribution < -0.4 is 0 Å². The summed E-state index contributed by atoms with van der Waals surface area (Å²) in [6.45, 7) is 16.2. The van der Waals surface area contributed by atoms with Gasteiger partial charge in [0.2, 0.25) is 0 Å². The Balaban J connectivity index is 0.000000133. The molecule has 58 heavy (non-hydrogen) atoms. The van der Waals surface area contributed by atoms with Crippen LogP contribution in [-0.4, -0.2) is 90.8 Å². The fraction of sp³-hybridized carbons (Fsp3) is 0.696. The van der Waals surface area contributed by atoms with Gasteiger partial charge in [-0.2, -0.15) is 0 Å². The van der Waals surface area contributed by atoms with Gasteiger partial charge in [0.1, 0.15) is 35.6 Å². The zero-order valence-corrected chi connectivity index (χ0v) is 37.6. The number of ketones is 2. The van der Waals surface area contributed by atoms with E-state index in [0.29, 0.717) is 0 Å². The van der Waals surface area contributed by atoms with Crippen molar-refractivity contribution in [2.75, 3.05) is 0 Å². The molecule has 0 amide bonds. The van der Waals surface area contributed by atoms with Gasteiger partial charge in [-0.3, -0.25) is 9.59 Å². The van der Waals surface area contributed by atoms with E-state index in [4.69, 9.17) is 28.4 Å². The van der Waals surface area contributed by atoms with Gasteiger partial charge >= 0.3 is 0 Å². The van der Waals surface area contributed by atoms with E-state index >= 15 is 0 Å². The van der Waals surface area contributed by atoms with Crippen molar-refractivity contribution >= 4 is 43.4 Å². The van der Waals surface area contributed by atoms with Crippen LogP contribution in [-0.2, 0) is 41.6 Å². The first-order chi connectivity index (χ1) is 27.3. The highest BCUT2D eigenvalue weighted by Crippen LogP contribution is 2.74. The Morgan fingerprint density at radius 1 is 0.603 bits per heavy atom. The maximum atomic E-state index is 13.8. The summed E-state index contributed by atoms with van der Waals surface area (Å²) >= 11 is 7.98. The van der Waals surface area contributed by atoms with Gasteiger partial charge in [0, 0.05) is 43.4 Å². The summed E-state index contributed by atoms with van der Waals surface area (Å²) in [7, 11) is 0. The second kappa shape index (κ2) is 12.1. The van der Waals surface area contributed by atoms with Gasteiger partial charge in [-0.1, -0.05) is 70.0 Å². The van der Waals surface area contributed by atoms with Crippen LogP contribution in [0.5, 0.6) is 0 Å². The van der Waals surface area contributed by atoms with E-state index < -0.39 is 22.8 Å². The Hall–Kier alpha value is -1.58. The molecule has 10 nitrogen and oxygen atoms in total. The van der Waals surface area contributed by atoms with E-state index in [2.05, 4.69) is 57.8 Å². The zero-order chi connectivity index (χ0) is 41.0. The van der Waals surface area contributed by atoms with Gasteiger partial charge in [0.05, 0.1) is 25.4 Å². The molecule has 2 spiro atoms. The lowest BCUT2D eigenvalue weighted by Gasteiger charge is -2.56. The summed E-state index contributed by atoms with van der Waals surface area (Å²) in [6.07, 6.45) is 2.70. The quantitative estimate of drug-likeness (QED) is 0.298. The molecule has 6 saturated heterocycles. The van der Waals surface area contributed by atoms with Crippen LogP contribution in [0.4, 0.5) is 0 Å². The number of hydrogen-bond donors (Lipinski definition) is 2. The molecule has 4 bridgehead atoms. The van der Waals surface area contributed by atoms with Crippen molar-refractivity contribution in [3.05, 3.63) is 68.8 Å². The SMILES string of the molecule is Cc1c(CO)ccc2c1C(=O)[C@@H]1[C@@H]2C[C@H](Br)[C@@]23O[C@@H](C[C@@]12C)[C@@H]1OC(C)(C)O[C@@H]13.Cc1c(CO)ccc2c1C(=O)[C@H]1[C@H]2C[C@@H](Br)[C@]23O[C@H](C[C@]12C)[C@H]1OC(C)(C)O[C@H]13. The van der Waals surface area contributed by atoms with Gasteiger partial charge in [-0.15, -0.1) is 0 Å². The number of fused-ring (bicyclic) bond motifs is 14. The highest BCUT2D eigenvalue weighted by atomic mass is 79.9. The molecule has 0 aromatic heterocycles. The molecule has 12 heteroatoms. The number of aliphatic hydroxyl groups excluding tert-OH is 2. The van der Waals surface area contributed by atoms with Gasteiger partial charge in [0.25, 0.3) is 0 Å². The first-order valence-electron chi connectivity index (χ1n) is 21.2. The standard InChI is InChI=1S/2C23H27BrO5/c2*1-10-11(9-25)5-6-12-13-7-15(24)23-20-19(28-21(2,3)29-20)14(27-23)8-22(23,4)17(13)18(26)16(10)12/h2*5-6,13-15,17,19-20,25H,7-9H2,1-4H3/t2*13-,14+,15+,17+,19+,20+,22+,23+/m10/s1. The minimum atomic E-state index is -0.631. The van der Waals surface area contributed by atoms with Crippen LogP contribution >= 0.6 is 31.9 Å². The van der Waals surface area contributed by atoms with E-state index in [-0.39, 0.29) is 106 Å². The predicted molar refractivity (Wildman–Crippen MR) is 218 cm³/mol. The third-order valence-electron chi connectivity index (χ3n) is 17.0. The number of carbonyl (C=O) groups is 2. The first kappa shape index (κ1) is 39.3. The summed E-state index contributed by atoms with van der Waals surface area (Å²) in [5.41, 5.74) is 5.66. The van der Waals surface area contributed by atoms with Crippen molar-refractivity contribution in [1.82, 2.24) is 0 Å². The maximum Gasteiger partial charge on any atom is 0.167 e. The third kappa shape index (κ3) is 4.47. The Kier molecular flexibility index (Phi) is 8.20. The normalized spacial score (nSPS) is 48.4. The molecule has 0 unspecified atom stereocenters. The Labute approximate surface area is 356 Å². The van der Waals surface area contributed by atoms with Gasteiger partial charge in [0.15, 0.2) is 23.1 Å². The van der Waals surface area contributed by atoms with Gasteiger partial charge in [-0.05, 0) is 112 Å². The average molecular weight is 927 g/mol. The molecule has 6 aliphatic heterocycles. The molecule has 2 saturated carbocycles. The molecule has 10 aliphatic rings. The second-order valence-electron chi connectivity index (χ2n) is 20.4. The van der Waals surface area contributed by atoms with Crippen molar-refractivity contribution in [2.45, 2.75) is 175 Å². The minimum Gasteiger partial charge on any atom is -0.392 e. The molecule has 2 aromatic rings. The number of benzene rings is 2. The molecule has 2 N–H and O–H groups in total. The van der Waals surface area contributed by atoms with Crippen molar-refractivity contribution < 1.29 is 48.2 Å². The van der Waals surface area contributed by atoms with E-state index in [1.54, 1.807) is 0 Å². The summed E-state index contributed by atoms with van der Waals surface area (Å²) < 4.78 is 38.6. The van der Waals surface area contributed by atoms with E-state index in [0.717, 1.165) is 70.2 Å². The monoisotopic (exact) mass is 924 g/mol. The van der Waals surface area contributed by atoms with E-state index in [9.17, 15) is 19.8 Å². The number of Topliss-reactive ketones (excluding diaryl/α,β-unsaturated/α-hetero) is 2. The Bertz CT molecular complexity index is 2040. The van der Waals surface area contributed by atoms with Crippen molar-refractivity contribution in [3.63, 3.8) is 0 Å². The number of halogens is 2. The summed E-state index contributed by atoms with van der Waals surface area (Å²) in [5, 5.41) is 19.4. The van der Waals surface area contributed by atoms with E-state index in [1.165, 1.54) is 0 Å². The lowest BCUT2D eigenvalue weighted by atomic mass is 9.50. The van der Waals surface area contributed by atoms with Crippen LogP contribution in [0.1, 0.15) is 133 Å². The average Bonchev–Trinajstić information content (AvgIpc) is 4.01. The highest BCUT2D eigenvalue weighted by Gasteiger charge is 2.82. The van der Waals surface area contributed by atoms with Gasteiger partial charge in [-0.25, -0.2) is 0 Å². The molecule has 6 heterocycles. The fourth-order valence-corrected chi connectivity index (χ4v) is 17.5. The molecule has 8 fully saturated rings. The first-order valence-corrected chi connectivity index (χ1v) is 23.0. The lowest BCUT2D eigenvalue weighted by Crippen LogP contribution is -2.67. The van der Waals surface area contributed by atoms with E-state index in [1.807, 2.05) is 53.7 Å². The van der Waals surface area contributed by atoms with Crippen LogP contribution in [0.3, 0.4) is 0 Å². The largest absolute Gasteiger partial charge is 0.392 e. The van der Waals surface area contributed by atoms with Crippen LogP contribution in [0.2, 0.25) is 0 Å². The zero-order valence-electron chi connectivity index (χ0n) is 34.4. The fourth-order valence-electron chi connectivity index (χ4n) is 14.9. The molecular formula is C46H54Br2O10. The molecule has 0 radical (unpaired) electrons. The topological polar surface area (TPSA) is 130 Å². The van der Waals surface area contributed by atoms with Crippen LogP contribution in [0.15, 0.2) is 24.3 Å². The lowest BCUT2D eigenvalue weighted by molar-refractivity contribution is -0.212.